The maximum absolute atomic E-state index is 13.0. The Kier molecular flexibility index (Phi) is 5.78. The highest BCUT2D eigenvalue weighted by atomic mass is 19.4. The Morgan fingerprint density at radius 2 is 1.92 bits per heavy atom. The number of anilines is 2. The van der Waals surface area contributed by atoms with Crippen molar-refractivity contribution < 1.29 is 18.0 Å². The molecule has 39 heavy (non-hydrogen) atoms. The Morgan fingerprint density at radius 3 is 2.69 bits per heavy atom. The van der Waals surface area contributed by atoms with Gasteiger partial charge in [-0.1, -0.05) is 12.1 Å². The quantitative estimate of drug-likeness (QED) is 0.350. The first kappa shape index (κ1) is 24.5. The maximum Gasteiger partial charge on any atom is 0.416 e. The van der Waals surface area contributed by atoms with Gasteiger partial charge in [0.1, 0.15) is 23.7 Å². The van der Waals surface area contributed by atoms with Crippen molar-refractivity contribution in [3.63, 3.8) is 0 Å². The molecule has 1 aliphatic carbocycles. The van der Waals surface area contributed by atoms with Crippen LogP contribution in [-0.4, -0.2) is 40.4 Å². The molecule has 0 bridgehead atoms. The summed E-state index contributed by atoms with van der Waals surface area (Å²) in [6.45, 7) is 0. The third-order valence-electron chi connectivity index (χ3n) is 6.91. The minimum Gasteiger partial charge on any atom is -0.383 e. The van der Waals surface area contributed by atoms with Crippen LogP contribution in [0.3, 0.4) is 0 Å². The van der Waals surface area contributed by atoms with Crippen LogP contribution in [-0.2, 0) is 19.6 Å². The number of amides is 1. The fraction of sp³-hybridized carbons (Fsp3) is 0.231. The molecule has 198 valence electrons. The van der Waals surface area contributed by atoms with E-state index >= 15 is 0 Å². The van der Waals surface area contributed by atoms with Gasteiger partial charge in [-0.2, -0.15) is 23.4 Å². The predicted molar refractivity (Wildman–Crippen MR) is 137 cm³/mol. The summed E-state index contributed by atoms with van der Waals surface area (Å²) < 4.78 is 42.7. The smallest absolute Gasteiger partial charge is 0.383 e. The number of halogens is 3. The van der Waals surface area contributed by atoms with Gasteiger partial charge in [-0.25, -0.2) is 19.6 Å². The summed E-state index contributed by atoms with van der Waals surface area (Å²) in [5.41, 5.74) is 9.68. The van der Waals surface area contributed by atoms with Gasteiger partial charge in [0.2, 0.25) is 0 Å². The summed E-state index contributed by atoms with van der Waals surface area (Å²) in [5, 5.41) is 12.3. The number of alkyl halides is 3. The lowest BCUT2D eigenvalue weighted by molar-refractivity contribution is -0.137. The highest BCUT2D eigenvalue weighted by Crippen LogP contribution is 2.38. The molecule has 0 fully saturated rings. The summed E-state index contributed by atoms with van der Waals surface area (Å²) >= 11 is 0. The SMILES string of the molecule is Cn1ncc2c1CCCC2n1nc(-c2ccc(C(=O)Nc3cc(C(F)(F)F)ccn3)cc2)c2c(N)ncnc21. The van der Waals surface area contributed by atoms with E-state index in [1.165, 1.54) is 6.33 Å². The van der Waals surface area contributed by atoms with Crippen molar-refractivity contribution in [2.75, 3.05) is 11.1 Å². The first-order valence-electron chi connectivity index (χ1n) is 12.1. The lowest BCUT2D eigenvalue weighted by Gasteiger charge is -2.23. The molecule has 3 N–H and O–H groups in total. The van der Waals surface area contributed by atoms with Crippen LogP contribution in [0.5, 0.6) is 0 Å². The van der Waals surface area contributed by atoms with Gasteiger partial charge in [0, 0.05) is 35.6 Å². The summed E-state index contributed by atoms with van der Waals surface area (Å²) in [7, 11) is 1.93. The van der Waals surface area contributed by atoms with Gasteiger partial charge in [0.25, 0.3) is 5.91 Å². The van der Waals surface area contributed by atoms with E-state index in [1.807, 2.05) is 22.6 Å². The number of pyridine rings is 1. The Balaban J connectivity index is 1.33. The average molecular weight is 534 g/mol. The Bertz CT molecular complexity index is 1710. The Labute approximate surface area is 219 Å². The molecule has 1 amide bonds. The molecule has 10 nitrogen and oxygen atoms in total. The van der Waals surface area contributed by atoms with E-state index in [9.17, 15) is 18.0 Å². The van der Waals surface area contributed by atoms with E-state index in [2.05, 4.69) is 25.4 Å². The number of nitrogens with two attached hydrogens (primary N) is 1. The molecule has 0 radical (unpaired) electrons. The highest BCUT2D eigenvalue weighted by molar-refractivity contribution is 6.04. The number of fused-ring (bicyclic) bond motifs is 2. The van der Waals surface area contributed by atoms with Crippen molar-refractivity contribution in [3.05, 3.63) is 77.5 Å². The zero-order valence-corrected chi connectivity index (χ0v) is 20.6. The summed E-state index contributed by atoms with van der Waals surface area (Å²) in [5.74, 6) is -0.519. The topological polar surface area (TPSA) is 129 Å². The molecule has 0 saturated heterocycles. The first-order chi connectivity index (χ1) is 18.7. The zero-order chi connectivity index (χ0) is 27.3. The third kappa shape index (κ3) is 4.35. The molecule has 13 heteroatoms. The summed E-state index contributed by atoms with van der Waals surface area (Å²) in [6, 6.07) is 8.06. The first-order valence-corrected chi connectivity index (χ1v) is 12.1. The number of nitrogens with one attached hydrogen (secondary N) is 1. The van der Waals surface area contributed by atoms with Crippen molar-refractivity contribution in [1.29, 1.82) is 0 Å². The van der Waals surface area contributed by atoms with Crippen molar-refractivity contribution >= 4 is 28.6 Å². The van der Waals surface area contributed by atoms with Gasteiger partial charge < -0.3 is 11.1 Å². The van der Waals surface area contributed by atoms with Gasteiger partial charge in [0.05, 0.1) is 23.2 Å². The number of nitrogen functional groups attached to an aromatic ring is 1. The van der Waals surface area contributed by atoms with Gasteiger partial charge in [0.15, 0.2) is 5.65 Å². The average Bonchev–Trinajstić information content (AvgIpc) is 3.50. The lowest BCUT2D eigenvalue weighted by atomic mass is 9.93. The van der Waals surface area contributed by atoms with Crippen molar-refractivity contribution in [3.8, 4) is 11.3 Å². The molecule has 1 unspecified atom stereocenters. The molecule has 0 saturated carbocycles. The lowest BCUT2D eigenvalue weighted by Crippen LogP contribution is -2.19. The largest absolute Gasteiger partial charge is 0.416 e. The van der Waals surface area contributed by atoms with Crippen molar-refractivity contribution in [1.82, 2.24) is 34.5 Å². The van der Waals surface area contributed by atoms with E-state index in [4.69, 9.17) is 10.8 Å². The van der Waals surface area contributed by atoms with Crippen LogP contribution in [0.2, 0.25) is 0 Å². The van der Waals surface area contributed by atoms with Crippen molar-refractivity contribution in [2.24, 2.45) is 7.05 Å². The second kappa shape index (κ2) is 9.19. The normalized spacial score (nSPS) is 15.3. The van der Waals surface area contributed by atoms with Gasteiger partial charge >= 0.3 is 6.18 Å². The third-order valence-corrected chi connectivity index (χ3v) is 6.91. The highest BCUT2D eigenvalue weighted by Gasteiger charge is 2.31. The number of carbonyl (C=O) groups excluding carboxylic acids is 1. The number of benzene rings is 1. The predicted octanol–water partition coefficient (Wildman–Crippen LogP) is 4.40. The summed E-state index contributed by atoms with van der Waals surface area (Å²) in [6.07, 6.45) is 2.49. The molecular formula is C26H22F3N9O. The molecule has 1 aliphatic rings. The van der Waals surface area contributed by atoms with E-state index in [1.54, 1.807) is 24.3 Å². The van der Waals surface area contributed by atoms with E-state index in [-0.39, 0.29) is 23.2 Å². The summed E-state index contributed by atoms with van der Waals surface area (Å²) in [4.78, 5) is 25.2. The number of aryl methyl sites for hydroxylation is 1. The zero-order valence-electron chi connectivity index (χ0n) is 20.6. The number of aromatic nitrogens is 7. The minimum atomic E-state index is -4.54. The molecule has 4 aromatic heterocycles. The minimum absolute atomic E-state index is 0.0713. The van der Waals surface area contributed by atoms with Crippen LogP contribution < -0.4 is 11.1 Å². The van der Waals surface area contributed by atoms with E-state index in [0.29, 0.717) is 22.3 Å². The Hall–Kier alpha value is -4.81. The van der Waals surface area contributed by atoms with Crippen LogP contribution in [0.4, 0.5) is 24.8 Å². The number of nitrogens with zero attached hydrogens (tertiary/aromatic N) is 7. The molecule has 0 aliphatic heterocycles. The van der Waals surface area contributed by atoms with Crippen LogP contribution >= 0.6 is 0 Å². The monoisotopic (exact) mass is 533 g/mol. The number of hydrogen-bond donors (Lipinski definition) is 2. The van der Waals surface area contributed by atoms with Crippen LogP contribution in [0.25, 0.3) is 22.3 Å². The van der Waals surface area contributed by atoms with Crippen LogP contribution in [0.15, 0.2) is 55.1 Å². The van der Waals surface area contributed by atoms with Gasteiger partial charge in [-0.15, -0.1) is 0 Å². The molecule has 5 aromatic rings. The van der Waals surface area contributed by atoms with Crippen molar-refractivity contribution in [2.45, 2.75) is 31.5 Å². The maximum atomic E-state index is 13.0. The fourth-order valence-electron chi connectivity index (χ4n) is 4.99. The molecule has 6 rings (SSSR count). The number of rotatable bonds is 4. The van der Waals surface area contributed by atoms with Crippen LogP contribution in [0.1, 0.15) is 46.1 Å². The standard InChI is InChI=1S/C26H22F3N9O/c1-37-18-3-2-4-19(17(18)12-34-37)38-24-21(23(30)32-13-33-24)22(36-38)14-5-7-15(8-6-14)25(39)35-20-11-16(9-10-31-20)26(27,28)29/h5-13,19H,2-4H2,1H3,(H2,30,32,33)(H,31,35,39). The molecule has 4 heterocycles. The molecule has 1 aromatic carbocycles. The van der Waals surface area contributed by atoms with Crippen LogP contribution in [0, 0.1) is 0 Å². The molecular weight excluding hydrogens is 511 g/mol. The second-order valence-corrected chi connectivity index (χ2v) is 9.29. The number of hydrogen-bond acceptors (Lipinski definition) is 7. The van der Waals surface area contributed by atoms with E-state index in [0.717, 1.165) is 48.8 Å². The second-order valence-electron chi connectivity index (χ2n) is 9.29. The van der Waals surface area contributed by atoms with E-state index < -0.39 is 17.6 Å². The molecule has 1 atom stereocenters. The number of carbonyl (C=O) groups is 1. The Morgan fingerprint density at radius 1 is 1.13 bits per heavy atom. The fourth-order valence-corrected chi connectivity index (χ4v) is 4.99. The van der Waals surface area contributed by atoms with Gasteiger partial charge in [-0.05, 0) is 43.5 Å². The van der Waals surface area contributed by atoms with Gasteiger partial charge in [-0.3, -0.25) is 9.48 Å². The molecule has 0 spiro atoms.